The minimum absolute atomic E-state index is 0.0318. The van der Waals surface area contributed by atoms with Crippen LogP contribution in [-0.4, -0.2) is 57.7 Å². The quantitative estimate of drug-likeness (QED) is 0.836. The van der Waals surface area contributed by atoms with E-state index in [0.29, 0.717) is 48.3 Å². The number of hydrogen-bond donors (Lipinski definition) is 0. The van der Waals surface area contributed by atoms with Gasteiger partial charge >= 0.3 is 0 Å². The molecule has 1 amide bonds. The largest absolute Gasteiger partial charge is 0.360 e. The number of aryl methyl sites for hydroxylation is 2. The summed E-state index contributed by atoms with van der Waals surface area (Å²) in [5.41, 5.74) is 1.24. The number of nitrogens with zero attached hydrogens (tertiary/aromatic N) is 5. The van der Waals surface area contributed by atoms with Gasteiger partial charge in [-0.25, -0.2) is 0 Å². The number of aromatic nitrogens is 3. The summed E-state index contributed by atoms with van der Waals surface area (Å²) in [6, 6.07) is -0.0806. The average molecular weight is 345 g/mol. The molecule has 1 aliphatic carbocycles. The lowest BCUT2D eigenvalue weighted by atomic mass is 10.1. The fraction of sp³-hybridized carbons (Fsp3) is 0.647. The van der Waals surface area contributed by atoms with Crippen LogP contribution in [0.1, 0.15) is 65.3 Å². The molecule has 1 atom stereocenters. The molecule has 2 aromatic rings. The van der Waals surface area contributed by atoms with Crippen molar-refractivity contribution < 1.29 is 13.8 Å². The number of hydrogen-bond acceptors (Lipinski definition) is 7. The van der Waals surface area contributed by atoms with Crippen LogP contribution < -0.4 is 0 Å². The molecule has 1 saturated heterocycles. The van der Waals surface area contributed by atoms with Gasteiger partial charge in [0.2, 0.25) is 5.89 Å². The molecule has 0 bridgehead atoms. The van der Waals surface area contributed by atoms with Crippen molar-refractivity contribution >= 4 is 5.91 Å². The first-order valence-corrected chi connectivity index (χ1v) is 8.86. The zero-order valence-electron chi connectivity index (χ0n) is 14.9. The van der Waals surface area contributed by atoms with Crippen molar-refractivity contribution in [2.75, 3.05) is 26.7 Å². The zero-order chi connectivity index (χ0) is 17.6. The monoisotopic (exact) mass is 345 g/mol. The minimum Gasteiger partial charge on any atom is -0.360 e. The van der Waals surface area contributed by atoms with Gasteiger partial charge in [-0.1, -0.05) is 17.2 Å². The fourth-order valence-electron chi connectivity index (χ4n) is 3.30. The highest BCUT2D eigenvalue weighted by molar-refractivity contribution is 5.96. The lowest BCUT2D eigenvalue weighted by Crippen LogP contribution is -2.49. The first-order chi connectivity index (χ1) is 12.1. The lowest BCUT2D eigenvalue weighted by molar-refractivity contribution is 0.0486. The van der Waals surface area contributed by atoms with Crippen LogP contribution >= 0.6 is 0 Å². The van der Waals surface area contributed by atoms with Crippen LogP contribution in [0.15, 0.2) is 9.05 Å². The molecule has 8 nitrogen and oxygen atoms in total. The van der Waals surface area contributed by atoms with Crippen LogP contribution in [0.2, 0.25) is 0 Å². The molecule has 2 aromatic heterocycles. The second kappa shape index (κ2) is 6.25. The Morgan fingerprint density at radius 3 is 2.76 bits per heavy atom. The number of rotatable bonds is 4. The van der Waals surface area contributed by atoms with Crippen molar-refractivity contribution in [2.24, 2.45) is 0 Å². The Hall–Kier alpha value is -2.22. The van der Waals surface area contributed by atoms with Crippen molar-refractivity contribution in [1.29, 1.82) is 0 Å². The predicted molar refractivity (Wildman–Crippen MR) is 88.2 cm³/mol. The third-order valence-corrected chi connectivity index (χ3v) is 5.09. The van der Waals surface area contributed by atoms with Gasteiger partial charge in [-0.05, 0) is 26.8 Å². The highest BCUT2D eigenvalue weighted by Crippen LogP contribution is 2.39. The van der Waals surface area contributed by atoms with E-state index >= 15 is 0 Å². The number of piperazine rings is 1. The molecular formula is C17H23N5O3. The first-order valence-electron chi connectivity index (χ1n) is 8.86. The fourth-order valence-corrected chi connectivity index (χ4v) is 3.30. The molecule has 0 N–H and O–H groups in total. The second-order valence-corrected chi connectivity index (χ2v) is 6.93. The molecule has 4 rings (SSSR count). The first kappa shape index (κ1) is 16.3. The summed E-state index contributed by atoms with van der Waals surface area (Å²) in [4.78, 5) is 21.6. The van der Waals surface area contributed by atoms with E-state index in [0.717, 1.165) is 25.2 Å². The Bertz CT molecular complexity index is 779. The van der Waals surface area contributed by atoms with Crippen molar-refractivity contribution in [3.8, 4) is 0 Å². The minimum atomic E-state index is -0.0806. The van der Waals surface area contributed by atoms with Crippen molar-refractivity contribution in [1.82, 2.24) is 25.1 Å². The normalized spacial score (nSPS) is 21.7. The Kier molecular flexibility index (Phi) is 4.07. The van der Waals surface area contributed by atoms with Gasteiger partial charge in [-0.2, -0.15) is 4.98 Å². The van der Waals surface area contributed by atoms with Crippen LogP contribution in [0.4, 0.5) is 0 Å². The van der Waals surface area contributed by atoms with Crippen molar-refractivity contribution in [2.45, 2.75) is 45.1 Å². The van der Waals surface area contributed by atoms with E-state index in [2.05, 4.69) is 20.2 Å². The van der Waals surface area contributed by atoms with Crippen molar-refractivity contribution in [3.63, 3.8) is 0 Å². The Morgan fingerprint density at radius 1 is 1.24 bits per heavy atom. The third-order valence-electron chi connectivity index (χ3n) is 5.09. The third kappa shape index (κ3) is 2.95. The molecule has 0 unspecified atom stereocenters. The average Bonchev–Trinajstić information content (AvgIpc) is 3.23. The zero-order valence-corrected chi connectivity index (χ0v) is 14.9. The molecule has 0 aromatic carbocycles. The van der Waals surface area contributed by atoms with Gasteiger partial charge < -0.3 is 13.9 Å². The van der Waals surface area contributed by atoms with Gasteiger partial charge in [-0.15, -0.1) is 0 Å². The highest BCUT2D eigenvalue weighted by Gasteiger charge is 2.36. The highest BCUT2D eigenvalue weighted by atomic mass is 16.5. The lowest BCUT2D eigenvalue weighted by Gasteiger charge is -2.37. The summed E-state index contributed by atoms with van der Waals surface area (Å²) < 4.78 is 10.8. The molecule has 25 heavy (non-hydrogen) atoms. The Labute approximate surface area is 146 Å². The summed E-state index contributed by atoms with van der Waals surface area (Å²) in [5.74, 6) is 2.47. The molecule has 1 aliphatic heterocycles. The number of carbonyl (C=O) groups excluding carboxylic acids is 1. The van der Waals surface area contributed by atoms with Crippen LogP contribution in [-0.2, 0) is 6.42 Å². The summed E-state index contributed by atoms with van der Waals surface area (Å²) in [6.07, 6.45) is 2.92. The van der Waals surface area contributed by atoms with E-state index in [1.165, 1.54) is 0 Å². The van der Waals surface area contributed by atoms with Gasteiger partial charge in [0, 0.05) is 32.0 Å². The molecule has 8 heteroatoms. The van der Waals surface area contributed by atoms with Gasteiger partial charge in [-0.3, -0.25) is 9.69 Å². The van der Waals surface area contributed by atoms with E-state index in [1.807, 2.05) is 25.8 Å². The van der Waals surface area contributed by atoms with Gasteiger partial charge in [0.25, 0.3) is 5.91 Å². The van der Waals surface area contributed by atoms with E-state index in [9.17, 15) is 4.79 Å². The van der Waals surface area contributed by atoms with Crippen LogP contribution in [0.25, 0.3) is 0 Å². The maximum absolute atomic E-state index is 13.0. The van der Waals surface area contributed by atoms with Gasteiger partial charge in [0.05, 0.1) is 5.69 Å². The predicted octanol–water partition coefficient (Wildman–Crippen LogP) is 1.93. The number of likely N-dealkylation sites (N-methyl/N-ethyl adjacent to an activating group) is 1. The summed E-state index contributed by atoms with van der Waals surface area (Å²) in [7, 11) is 2.02. The molecule has 134 valence electrons. The molecule has 3 heterocycles. The molecule has 0 radical (unpaired) electrons. The van der Waals surface area contributed by atoms with E-state index in [1.54, 1.807) is 0 Å². The van der Waals surface area contributed by atoms with Gasteiger partial charge in [0.1, 0.15) is 17.4 Å². The molecule has 2 aliphatic rings. The maximum atomic E-state index is 13.0. The number of carbonyl (C=O) groups is 1. The molecule has 2 fully saturated rings. The SMILES string of the molecule is CCc1onc(C)c1C(=O)N1CCN(C)[C@H](c2nc(C3CC3)no2)C1. The van der Waals surface area contributed by atoms with E-state index in [-0.39, 0.29) is 11.9 Å². The van der Waals surface area contributed by atoms with Gasteiger partial charge in [0.15, 0.2) is 5.82 Å². The summed E-state index contributed by atoms with van der Waals surface area (Å²) >= 11 is 0. The van der Waals surface area contributed by atoms with E-state index in [4.69, 9.17) is 9.05 Å². The van der Waals surface area contributed by atoms with Crippen LogP contribution in [0.3, 0.4) is 0 Å². The second-order valence-electron chi connectivity index (χ2n) is 6.93. The van der Waals surface area contributed by atoms with Crippen LogP contribution in [0, 0.1) is 6.92 Å². The molecular weight excluding hydrogens is 322 g/mol. The summed E-state index contributed by atoms with van der Waals surface area (Å²) in [6.45, 7) is 5.70. The number of amides is 1. The van der Waals surface area contributed by atoms with E-state index < -0.39 is 0 Å². The molecule has 0 spiro atoms. The smallest absolute Gasteiger partial charge is 0.259 e. The Balaban J connectivity index is 1.55. The van der Waals surface area contributed by atoms with Crippen molar-refractivity contribution in [3.05, 3.63) is 28.7 Å². The van der Waals surface area contributed by atoms with Crippen LogP contribution in [0.5, 0.6) is 0 Å². The maximum Gasteiger partial charge on any atom is 0.259 e. The Morgan fingerprint density at radius 2 is 2.04 bits per heavy atom. The molecule has 1 saturated carbocycles. The topological polar surface area (TPSA) is 88.5 Å². The standard InChI is InChI=1S/C17H23N5O3/c1-4-13-14(10(2)19-24-13)17(23)22-8-7-21(3)12(9-22)16-18-15(20-25-16)11-5-6-11/h11-12H,4-9H2,1-3H3/t12-/m0/s1. The summed E-state index contributed by atoms with van der Waals surface area (Å²) in [5, 5.41) is 8.06.